The van der Waals surface area contributed by atoms with Crippen molar-refractivity contribution in [1.82, 2.24) is 15.0 Å². The molecule has 0 fully saturated rings. The number of fused-ring (bicyclic) bond motifs is 8. The molecule has 0 spiro atoms. The van der Waals surface area contributed by atoms with Crippen molar-refractivity contribution >= 4 is 10.8 Å². The van der Waals surface area contributed by atoms with Crippen molar-refractivity contribution in [2.24, 2.45) is 0 Å². The Bertz CT molecular complexity index is 2930. The van der Waals surface area contributed by atoms with Crippen molar-refractivity contribution in [3.8, 4) is 56.4 Å². The highest BCUT2D eigenvalue weighted by atomic mass is 15.0. The maximum absolute atomic E-state index is 5.08. The summed E-state index contributed by atoms with van der Waals surface area (Å²) in [6.07, 6.45) is 0. The summed E-state index contributed by atoms with van der Waals surface area (Å²) in [6, 6.07) is 68.1. The van der Waals surface area contributed by atoms with Crippen LogP contribution in [-0.4, -0.2) is 15.0 Å². The Morgan fingerprint density at radius 1 is 0.357 bits per heavy atom. The lowest BCUT2D eigenvalue weighted by Gasteiger charge is -2.35. The number of hydrogen-bond donors (Lipinski definition) is 0. The molecule has 264 valence electrons. The van der Waals surface area contributed by atoms with Crippen LogP contribution in [0.5, 0.6) is 0 Å². The summed E-state index contributed by atoms with van der Waals surface area (Å²) in [5.74, 6) is 2.00. The Balaban J connectivity index is 1.12. The van der Waals surface area contributed by atoms with Gasteiger partial charge in [0.25, 0.3) is 0 Å². The second kappa shape index (κ2) is 12.3. The molecule has 1 atom stereocenters. The molecule has 0 radical (unpaired) electrons. The average molecular weight is 716 g/mol. The van der Waals surface area contributed by atoms with Gasteiger partial charge in [0.1, 0.15) is 0 Å². The van der Waals surface area contributed by atoms with Gasteiger partial charge in [-0.15, -0.1) is 0 Å². The molecule has 9 aromatic rings. The Morgan fingerprint density at radius 3 is 1.64 bits per heavy atom. The summed E-state index contributed by atoms with van der Waals surface area (Å²) >= 11 is 0. The molecule has 0 saturated heterocycles. The van der Waals surface area contributed by atoms with E-state index < -0.39 is 5.41 Å². The summed E-state index contributed by atoms with van der Waals surface area (Å²) in [6.45, 7) is 4.69. The van der Waals surface area contributed by atoms with E-state index in [1.807, 2.05) is 36.4 Å². The number of rotatable bonds is 5. The van der Waals surface area contributed by atoms with E-state index in [1.165, 1.54) is 66.4 Å². The quantitative estimate of drug-likeness (QED) is 0.178. The molecule has 2 aliphatic rings. The molecular formula is C53H37N3. The topological polar surface area (TPSA) is 38.7 Å². The van der Waals surface area contributed by atoms with Crippen LogP contribution < -0.4 is 0 Å². The Kier molecular flexibility index (Phi) is 7.11. The highest BCUT2D eigenvalue weighted by Crippen LogP contribution is 2.59. The zero-order valence-electron chi connectivity index (χ0n) is 31.2. The lowest BCUT2D eigenvalue weighted by atomic mass is 9.66. The molecular weight excluding hydrogens is 679 g/mol. The van der Waals surface area contributed by atoms with E-state index in [1.54, 1.807) is 0 Å². The van der Waals surface area contributed by atoms with E-state index in [9.17, 15) is 0 Å². The van der Waals surface area contributed by atoms with Crippen LogP contribution >= 0.6 is 0 Å². The van der Waals surface area contributed by atoms with Crippen LogP contribution in [0.15, 0.2) is 188 Å². The first-order chi connectivity index (χ1) is 27.5. The first-order valence-corrected chi connectivity index (χ1v) is 19.4. The molecule has 56 heavy (non-hydrogen) atoms. The Hall–Kier alpha value is -6.97. The standard InChI is InChI=1S/C53H37N3/c1-52(2)45-31-28-39(53(38-21-10-5-11-22-38)46-25-15-14-24-41(46)43-30-26-34-16-12-13-23-40(34)48(43)53)33-44(45)42-29-27-37(32-47(42)52)51-55-49(35-17-6-3-7-18-35)54-50(56-51)36-19-8-4-9-20-36/h3-33H,1-2H3. The van der Waals surface area contributed by atoms with Crippen molar-refractivity contribution in [3.05, 3.63) is 221 Å². The van der Waals surface area contributed by atoms with E-state index in [0.29, 0.717) is 17.5 Å². The van der Waals surface area contributed by atoms with Gasteiger partial charge in [0.2, 0.25) is 0 Å². The van der Waals surface area contributed by atoms with Gasteiger partial charge in [0.15, 0.2) is 17.5 Å². The maximum Gasteiger partial charge on any atom is 0.164 e. The van der Waals surface area contributed by atoms with E-state index in [0.717, 1.165) is 16.7 Å². The minimum atomic E-state index is -0.511. The highest BCUT2D eigenvalue weighted by Gasteiger charge is 2.48. The highest BCUT2D eigenvalue weighted by molar-refractivity contribution is 6.00. The van der Waals surface area contributed by atoms with Gasteiger partial charge < -0.3 is 0 Å². The summed E-state index contributed by atoms with van der Waals surface area (Å²) in [5.41, 5.74) is 15.1. The Labute approximate surface area is 327 Å². The van der Waals surface area contributed by atoms with Crippen LogP contribution in [0, 0.1) is 0 Å². The lowest BCUT2D eigenvalue weighted by Crippen LogP contribution is -2.29. The predicted octanol–water partition coefficient (Wildman–Crippen LogP) is 12.7. The molecule has 0 N–H and O–H groups in total. The van der Waals surface area contributed by atoms with Crippen molar-refractivity contribution in [2.75, 3.05) is 0 Å². The Morgan fingerprint density at radius 2 is 0.929 bits per heavy atom. The third-order valence-electron chi connectivity index (χ3n) is 12.2. The van der Waals surface area contributed by atoms with Gasteiger partial charge in [-0.3, -0.25) is 0 Å². The molecule has 0 saturated carbocycles. The fourth-order valence-corrected chi connectivity index (χ4v) is 9.60. The van der Waals surface area contributed by atoms with Gasteiger partial charge in [-0.25, -0.2) is 15.0 Å². The summed E-state index contributed by atoms with van der Waals surface area (Å²) in [5, 5.41) is 2.54. The molecule has 3 heteroatoms. The zero-order chi connectivity index (χ0) is 37.4. The van der Waals surface area contributed by atoms with Crippen LogP contribution in [0.25, 0.3) is 67.2 Å². The number of nitrogens with zero attached hydrogens (tertiary/aromatic N) is 3. The molecule has 3 nitrogen and oxygen atoms in total. The minimum absolute atomic E-state index is 0.241. The van der Waals surface area contributed by atoms with E-state index in [-0.39, 0.29) is 5.41 Å². The first-order valence-electron chi connectivity index (χ1n) is 19.4. The number of aromatic nitrogens is 3. The zero-order valence-corrected chi connectivity index (χ0v) is 31.2. The molecule has 1 aromatic heterocycles. The second-order valence-electron chi connectivity index (χ2n) is 15.6. The molecule has 0 bridgehead atoms. The van der Waals surface area contributed by atoms with Gasteiger partial charge in [0.05, 0.1) is 5.41 Å². The molecule has 11 rings (SSSR count). The average Bonchev–Trinajstić information content (AvgIpc) is 3.70. The van der Waals surface area contributed by atoms with Gasteiger partial charge in [-0.2, -0.15) is 0 Å². The summed E-state index contributed by atoms with van der Waals surface area (Å²) in [7, 11) is 0. The fourth-order valence-electron chi connectivity index (χ4n) is 9.60. The lowest BCUT2D eigenvalue weighted by molar-refractivity contribution is 0.659. The number of hydrogen-bond acceptors (Lipinski definition) is 3. The largest absolute Gasteiger partial charge is 0.208 e. The van der Waals surface area contributed by atoms with Gasteiger partial charge in [-0.05, 0) is 78.5 Å². The van der Waals surface area contributed by atoms with Crippen molar-refractivity contribution in [2.45, 2.75) is 24.7 Å². The SMILES string of the molecule is CC1(C)c2ccc(C3(c4ccccc4)c4ccccc4-c4ccc5ccccc5c43)cc2-c2ccc(-c3nc(-c4ccccc4)nc(-c4ccccc4)n3)cc21. The van der Waals surface area contributed by atoms with E-state index >= 15 is 0 Å². The molecule has 0 amide bonds. The van der Waals surface area contributed by atoms with Crippen molar-refractivity contribution in [3.63, 3.8) is 0 Å². The summed E-state index contributed by atoms with van der Waals surface area (Å²) < 4.78 is 0. The molecule has 0 aliphatic heterocycles. The van der Waals surface area contributed by atoms with Crippen LogP contribution in [0.2, 0.25) is 0 Å². The normalized spacial score (nSPS) is 15.9. The van der Waals surface area contributed by atoms with Crippen molar-refractivity contribution in [1.29, 1.82) is 0 Å². The molecule has 8 aromatic carbocycles. The van der Waals surface area contributed by atoms with Gasteiger partial charge in [0, 0.05) is 22.1 Å². The van der Waals surface area contributed by atoms with Crippen molar-refractivity contribution < 1.29 is 0 Å². The predicted molar refractivity (Wildman–Crippen MR) is 229 cm³/mol. The van der Waals surface area contributed by atoms with Crippen LogP contribution in [-0.2, 0) is 10.8 Å². The second-order valence-corrected chi connectivity index (χ2v) is 15.6. The van der Waals surface area contributed by atoms with Gasteiger partial charge in [-0.1, -0.05) is 190 Å². The first kappa shape index (κ1) is 32.5. The summed E-state index contributed by atoms with van der Waals surface area (Å²) in [4.78, 5) is 15.1. The van der Waals surface area contributed by atoms with Crippen LogP contribution in [0.4, 0.5) is 0 Å². The molecule has 1 unspecified atom stereocenters. The monoisotopic (exact) mass is 715 g/mol. The smallest absolute Gasteiger partial charge is 0.164 e. The number of benzene rings is 8. The third kappa shape index (κ3) is 4.67. The minimum Gasteiger partial charge on any atom is -0.208 e. The van der Waals surface area contributed by atoms with E-state index in [2.05, 4.69) is 166 Å². The van der Waals surface area contributed by atoms with Gasteiger partial charge >= 0.3 is 0 Å². The molecule has 2 aliphatic carbocycles. The van der Waals surface area contributed by atoms with Crippen LogP contribution in [0.3, 0.4) is 0 Å². The van der Waals surface area contributed by atoms with Crippen LogP contribution in [0.1, 0.15) is 47.2 Å². The van der Waals surface area contributed by atoms with E-state index in [4.69, 9.17) is 15.0 Å². The maximum atomic E-state index is 5.08. The molecule has 1 heterocycles. The fraction of sp³-hybridized carbons (Fsp3) is 0.0755. The third-order valence-corrected chi connectivity index (χ3v) is 12.2.